The number of rotatable bonds is 5. The van der Waals surface area contributed by atoms with Crippen LogP contribution in [-0.4, -0.2) is 77.5 Å². The Morgan fingerprint density at radius 1 is 1.14 bits per heavy atom. The van der Waals surface area contributed by atoms with Gasteiger partial charge in [-0.15, -0.1) is 0 Å². The summed E-state index contributed by atoms with van der Waals surface area (Å²) in [6, 6.07) is 6.59. The molecule has 0 aliphatic carbocycles. The van der Waals surface area contributed by atoms with Crippen molar-refractivity contribution in [1.29, 1.82) is 0 Å². The van der Waals surface area contributed by atoms with Gasteiger partial charge >= 0.3 is 12.2 Å². The second-order valence-corrected chi connectivity index (χ2v) is 9.58. The average Bonchev–Trinajstić information content (AvgIpc) is 3.23. The van der Waals surface area contributed by atoms with Crippen LogP contribution in [0, 0.1) is 0 Å². The highest BCUT2D eigenvalue weighted by atomic mass is 19.4. The second kappa shape index (κ2) is 10.5. The highest BCUT2D eigenvalue weighted by Crippen LogP contribution is 2.40. The number of nitrogens with one attached hydrogen (secondary N) is 3. The topological polar surface area (TPSA) is 94.5 Å². The van der Waals surface area contributed by atoms with Gasteiger partial charge in [-0.3, -0.25) is 9.48 Å². The molecule has 1 aromatic heterocycles. The number of fused-ring (bicyclic) bond motifs is 1. The van der Waals surface area contributed by atoms with Gasteiger partial charge in [0.25, 0.3) is 5.91 Å². The summed E-state index contributed by atoms with van der Waals surface area (Å²) >= 11 is 0. The first-order chi connectivity index (χ1) is 17.0. The lowest BCUT2D eigenvalue weighted by Gasteiger charge is -2.32. The lowest BCUT2D eigenvalue weighted by Crippen LogP contribution is -2.48. The van der Waals surface area contributed by atoms with Crippen LogP contribution in [0.2, 0.25) is 0 Å². The Balaban J connectivity index is 1.40. The van der Waals surface area contributed by atoms with Crippen LogP contribution in [0.1, 0.15) is 53.1 Å². The van der Waals surface area contributed by atoms with Crippen LogP contribution in [0.25, 0.3) is 0 Å². The third-order valence-corrected chi connectivity index (χ3v) is 6.58. The average molecular weight is 508 g/mol. The molecule has 2 aliphatic rings. The van der Waals surface area contributed by atoms with Gasteiger partial charge in [0.1, 0.15) is 5.92 Å². The molecule has 196 valence electrons. The summed E-state index contributed by atoms with van der Waals surface area (Å²) in [5.74, 6) is -2.24. The predicted octanol–water partition coefficient (Wildman–Crippen LogP) is 2.92. The van der Waals surface area contributed by atoms with E-state index in [0.717, 1.165) is 18.7 Å². The van der Waals surface area contributed by atoms with Crippen LogP contribution in [0.15, 0.2) is 24.3 Å². The number of hydrogen-bond acceptors (Lipinski definition) is 5. The van der Waals surface area contributed by atoms with E-state index in [9.17, 15) is 22.8 Å². The number of benzene rings is 1. The number of amides is 3. The van der Waals surface area contributed by atoms with Crippen LogP contribution in [0.4, 0.5) is 23.7 Å². The molecular formula is C24H32F3N7O2. The molecule has 1 atom stereocenters. The van der Waals surface area contributed by atoms with Crippen molar-refractivity contribution in [1.82, 2.24) is 30.2 Å². The van der Waals surface area contributed by atoms with Crippen LogP contribution >= 0.6 is 0 Å². The molecule has 12 heteroatoms. The first-order valence-electron chi connectivity index (χ1n) is 12.0. The molecule has 2 aromatic rings. The number of carbonyl (C=O) groups is 2. The molecule has 1 fully saturated rings. The van der Waals surface area contributed by atoms with E-state index in [-0.39, 0.29) is 48.7 Å². The molecule has 36 heavy (non-hydrogen) atoms. The largest absolute Gasteiger partial charge is 0.398 e. The summed E-state index contributed by atoms with van der Waals surface area (Å²) in [5.41, 5.74) is 1.78. The van der Waals surface area contributed by atoms with Crippen LogP contribution in [-0.2, 0) is 13.1 Å². The van der Waals surface area contributed by atoms with Gasteiger partial charge in [-0.1, -0.05) is 12.1 Å². The number of carbonyl (C=O) groups excluding carboxylic acids is 2. The van der Waals surface area contributed by atoms with E-state index in [4.69, 9.17) is 0 Å². The minimum atomic E-state index is -4.44. The number of anilines is 1. The van der Waals surface area contributed by atoms with Gasteiger partial charge in [0.05, 0.1) is 5.69 Å². The molecule has 2 aliphatic heterocycles. The minimum Gasteiger partial charge on any atom is -0.347 e. The molecule has 0 radical (unpaired) electrons. The quantitative estimate of drug-likeness (QED) is 0.579. The normalized spacial score (nSPS) is 18.8. The van der Waals surface area contributed by atoms with Gasteiger partial charge in [-0.25, -0.2) is 4.79 Å². The van der Waals surface area contributed by atoms with Crippen molar-refractivity contribution < 1.29 is 22.8 Å². The van der Waals surface area contributed by atoms with E-state index in [2.05, 4.69) is 25.9 Å². The predicted molar refractivity (Wildman–Crippen MR) is 129 cm³/mol. The maximum absolute atomic E-state index is 13.7. The lowest BCUT2D eigenvalue weighted by atomic mass is 9.95. The summed E-state index contributed by atoms with van der Waals surface area (Å²) in [5, 5.41) is 12.7. The minimum absolute atomic E-state index is 0.0104. The van der Waals surface area contributed by atoms with Gasteiger partial charge in [0.2, 0.25) is 0 Å². The van der Waals surface area contributed by atoms with Crippen LogP contribution in [0.3, 0.4) is 0 Å². The molecule has 4 rings (SSSR count). The monoisotopic (exact) mass is 507 g/mol. The summed E-state index contributed by atoms with van der Waals surface area (Å²) in [6.45, 7) is 6.57. The van der Waals surface area contributed by atoms with Crippen molar-refractivity contribution >= 4 is 17.6 Å². The Kier molecular flexibility index (Phi) is 7.55. The number of hydrogen-bond donors (Lipinski definition) is 3. The van der Waals surface area contributed by atoms with E-state index >= 15 is 0 Å². The summed E-state index contributed by atoms with van der Waals surface area (Å²) in [7, 11) is 2.02. The fraction of sp³-hybridized carbons (Fsp3) is 0.542. The molecule has 0 spiro atoms. The number of piperazine rings is 1. The Hall–Kier alpha value is -3.12. The smallest absolute Gasteiger partial charge is 0.347 e. The first kappa shape index (κ1) is 26.0. The number of nitrogens with zero attached hydrogens (tertiary/aromatic N) is 4. The summed E-state index contributed by atoms with van der Waals surface area (Å²) in [4.78, 5) is 29.3. The molecule has 3 amide bonds. The Morgan fingerprint density at radius 3 is 2.42 bits per heavy atom. The zero-order chi connectivity index (χ0) is 26.0. The molecule has 0 bridgehead atoms. The molecule has 1 unspecified atom stereocenters. The Bertz CT molecular complexity index is 1090. The molecule has 0 saturated carbocycles. The van der Waals surface area contributed by atoms with E-state index < -0.39 is 18.0 Å². The van der Waals surface area contributed by atoms with Crippen molar-refractivity contribution in [2.45, 2.75) is 45.1 Å². The molecule has 3 N–H and O–H groups in total. The van der Waals surface area contributed by atoms with Crippen molar-refractivity contribution in [2.75, 3.05) is 45.1 Å². The van der Waals surface area contributed by atoms with Crippen molar-refractivity contribution in [3.05, 3.63) is 46.8 Å². The maximum Gasteiger partial charge on any atom is 0.398 e. The van der Waals surface area contributed by atoms with Crippen LogP contribution in [0.5, 0.6) is 0 Å². The second-order valence-electron chi connectivity index (χ2n) is 9.58. The SMILES string of the molecule is CC(C)n1nc(C(=O)NCc2ccc(NC(=O)N3CCN(C)CC3)cc2)c2c1C(C(F)(F)F)CNC2. The Morgan fingerprint density at radius 2 is 1.81 bits per heavy atom. The molecule has 3 heterocycles. The van der Waals surface area contributed by atoms with Crippen LogP contribution < -0.4 is 16.0 Å². The molecule has 9 nitrogen and oxygen atoms in total. The van der Waals surface area contributed by atoms with Gasteiger partial charge < -0.3 is 25.8 Å². The summed E-state index contributed by atoms with van der Waals surface area (Å²) in [6.07, 6.45) is -4.44. The van der Waals surface area contributed by atoms with E-state index in [1.54, 1.807) is 43.0 Å². The zero-order valence-electron chi connectivity index (χ0n) is 20.7. The van der Waals surface area contributed by atoms with Crippen molar-refractivity contribution in [3.8, 4) is 0 Å². The third-order valence-electron chi connectivity index (χ3n) is 6.58. The summed E-state index contributed by atoms with van der Waals surface area (Å²) < 4.78 is 42.3. The Labute approximate surface area is 208 Å². The van der Waals surface area contributed by atoms with Gasteiger partial charge in [0.15, 0.2) is 5.69 Å². The standard InChI is InChI=1S/C24H32F3N7O2/c1-15(2)34-21-18(13-28-14-19(21)24(25,26)27)20(31-34)22(35)29-12-16-4-6-17(7-5-16)30-23(36)33-10-8-32(3)9-11-33/h4-7,15,19,28H,8-14H2,1-3H3,(H,29,35)(H,30,36). The fourth-order valence-electron chi connectivity index (χ4n) is 4.49. The van der Waals surface area contributed by atoms with E-state index in [1.807, 2.05) is 7.05 Å². The van der Waals surface area contributed by atoms with Gasteiger partial charge in [-0.2, -0.15) is 18.3 Å². The molecule has 1 saturated heterocycles. The highest BCUT2D eigenvalue weighted by molar-refractivity contribution is 5.94. The number of urea groups is 1. The first-order valence-corrected chi connectivity index (χ1v) is 12.0. The van der Waals surface area contributed by atoms with E-state index in [0.29, 0.717) is 18.8 Å². The molecule has 1 aromatic carbocycles. The van der Waals surface area contributed by atoms with E-state index in [1.165, 1.54) is 4.68 Å². The maximum atomic E-state index is 13.7. The third kappa shape index (κ3) is 5.65. The number of aromatic nitrogens is 2. The number of alkyl halides is 3. The fourth-order valence-corrected chi connectivity index (χ4v) is 4.49. The van der Waals surface area contributed by atoms with Gasteiger partial charge in [0, 0.05) is 63.1 Å². The van der Waals surface area contributed by atoms with Crippen molar-refractivity contribution in [3.63, 3.8) is 0 Å². The van der Waals surface area contributed by atoms with Crippen molar-refractivity contribution in [2.24, 2.45) is 0 Å². The zero-order valence-corrected chi connectivity index (χ0v) is 20.7. The molecular weight excluding hydrogens is 475 g/mol. The number of likely N-dealkylation sites (N-methyl/N-ethyl adjacent to an activating group) is 1. The number of halogens is 3. The lowest BCUT2D eigenvalue weighted by molar-refractivity contribution is -0.152. The van der Waals surface area contributed by atoms with Gasteiger partial charge in [-0.05, 0) is 38.6 Å². The highest BCUT2D eigenvalue weighted by Gasteiger charge is 2.46.